The number of rotatable bonds is 0. The van der Waals surface area contributed by atoms with Gasteiger partial charge in [0.2, 0.25) is 5.28 Å². The van der Waals surface area contributed by atoms with E-state index in [1.165, 1.54) is 12.1 Å². The van der Waals surface area contributed by atoms with Crippen LogP contribution in [-0.2, 0) is 0 Å². The van der Waals surface area contributed by atoms with Crippen molar-refractivity contribution < 1.29 is 4.39 Å². The molecule has 2 rings (SSSR count). The summed E-state index contributed by atoms with van der Waals surface area (Å²) < 4.78 is 13.2. The highest BCUT2D eigenvalue weighted by atomic mass is 35.5. The van der Waals surface area contributed by atoms with Gasteiger partial charge in [-0.2, -0.15) is 0 Å². The van der Waals surface area contributed by atoms with Crippen LogP contribution in [0.5, 0.6) is 0 Å². The molecule has 0 aliphatic heterocycles. The van der Waals surface area contributed by atoms with Crippen LogP contribution in [0.2, 0.25) is 10.4 Å². The molecule has 0 fully saturated rings. The second-order valence-corrected chi connectivity index (χ2v) is 3.55. The number of aromatic nitrogens is 2. The highest BCUT2D eigenvalue weighted by molar-refractivity contribution is 6.35. The average Bonchev–Trinajstić information content (AvgIpc) is 2.12. The molecule has 0 atom stereocenters. The molecule has 5 heteroatoms. The van der Waals surface area contributed by atoms with Gasteiger partial charge in [-0.25, -0.2) is 14.4 Å². The molecule has 0 radical (unpaired) electrons. The maximum absolute atomic E-state index is 13.2. The van der Waals surface area contributed by atoms with Gasteiger partial charge in [-0.05, 0) is 30.7 Å². The quantitative estimate of drug-likeness (QED) is 0.513. The number of hydrogen-bond donors (Lipinski definition) is 0. The van der Waals surface area contributed by atoms with Gasteiger partial charge in [0.15, 0.2) is 0 Å². The summed E-state index contributed by atoms with van der Waals surface area (Å²) in [4.78, 5) is 7.70. The SMILES string of the molecule is Cc1c(F)ccc2c(Cl)nc(Cl)nc12. The molecule has 0 saturated heterocycles. The molecule has 1 aromatic heterocycles. The van der Waals surface area contributed by atoms with Gasteiger partial charge < -0.3 is 0 Å². The second-order valence-electron chi connectivity index (χ2n) is 2.85. The molecule has 0 aliphatic rings. The van der Waals surface area contributed by atoms with E-state index in [1.54, 1.807) is 6.92 Å². The normalized spacial score (nSPS) is 10.9. The summed E-state index contributed by atoms with van der Waals surface area (Å²) in [5.41, 5.74) is 0.878. The van der Waals surface area contributed by atoms with Crippen molar-refractivity contribution in [2.45, 2.75) is 6.92 Å². The second kappa shape index (κ2) is 3.33. The highest BCUT2D eigenvalue weighted by Crippen LogP contribution is 2.25. The number of hydrogen-bond acceptors (Lipinski definition) is 2. The Morgan fingerprint density at radius 1 is 1.21 bits per heavy atom. The van der Waals surface area contributed by atoms with Crippen LogP contribution in [0.3, 0.4) is 0 Å². The Balaban J connectivity index is 2.95. The molecule has 0 N–H and O–H groups in total. The Kier molecular flexibility index (Phi) is 2.29. The molecule has 0 spiro atoms. The van der Waals surface area contributed by atoms with E-state index in [2.05, 4.69) is 9.97 Å². The maximum atomic E-state index is 13.2. The van der Waals surface area contributed by atoms with Crippen LogP contribution >= 0.6 is 23.2 Å². The standard InChI is InChI=1S/C9H5Cl2FN2/c1-4-6(12)3-2-5-7(4)13-9(11)14-8(5)10/h2-3H,1H3. The monoisotopic (exact) mass is 230 g/mol. The fraction of sp³-hybridized carbons (Fsp3) is 0.111. The lowest BCUT2D eigenvalue weighted by molar-refractivity contribution is 0.620. The van der Waals surface area contributed by atoms with Gasteiger partial charge in [0.05, 0.1) is 5.52 Å². The first-order valence-electron chi connectivity index (χ1n) is 3.87. The largest absolute Gasteiger partial charge is 0.224 e. The Labute approximate surface area is 89.7 Å². The Morgan fingerprint density at radius 2 is 1.93 bits per heavy atom. The van der Waals surface area contributed by atoms with E-state index < -0.39 is 0 Å². The summed E-state index contributed by atoms with van der Waals surface area (Å²) in [7, 11) is 0. The molecule has 2 nitrogen and oxygen atoms in total. The number of halogens is 3. The summed E-state index contributed by atoms with van der Waals surface area (Å²) >= 11 is 11.4. The maximum Gasteiger partial charge on any atom is 0.224 e. The number of aryl methyl sites for hydroxylation is 1. The molecule has 0 saturated carbocycles. The number of benzene rings is 1. The zero-order valence-corrected chi connectivity index (χ0v) is 8.69. The van der Waals surface area contributed by atoms with E-state index in [0.29, 0.717) is 16.5 Å². The first-order chi connectivity index (χ1) is 6.59. The van der Waals surface area contributed by atoms with Crippen molar-refractivity contribution in [2.24, 2.45) is 0 Å². The van der Waals surface area contributed by atoms with Gasteiger partial charge in [-0.3, -0.25) is 0 Å². The molecular formula is C9H5Cl2FN2. The molecule has 14 heavy (non-hydrogen) atoms. The minimum Gasteiger partial charge on any atom is -0.217 e. The molecule has 0 unspecified atom stereocenters. The van der Waals surface area contributed by atoms with E-state index in [4.69, 9.17) is 23.2 Å². The molecule has 72 valence electrons. The molecule has 0 aliphatic carbocycles. The fourth-order valence-corrected chi connectivity index (χ4v) is 1.69. The van der Waals surface area contributed by atoms with E-state index in [1.807, 2.05) is 0 Å². The van der Waals surface area contributed by atoms with Gasteiger partial charge in [-0.1, -0.05) is 11.6 Å². The minimum absolute atomic E-state index is 0.0243. The van der Waals surface area contributed by atoms with Crippen LogP contribution in [0.1, 0.15) is 5.56 Å². The lowest BCUT2D eigenvalue weighted by Crippen LogP contribution is -1.92. The third-order valence-corrected chi connectivity index (χ3v) is 2.44. The summed E-state index contributed by atoms with van der Waals surface area (Å²) in [5.74, 6) is -0.330. The van der Waals surface area contributed by atoms with Crippen molar-refractivity contribution in [1.29, 1.82) is 0 Å². The fourth-order valence-electron chi connectivity index (χ4n) is 1.24. The highest BCUT2D eigenvalue weighted by Gasteiger charge is 2.09. The predicted octanol–water partition coefficient (Wildman–Crippen LogP) is 3.38. The van der Waals surface area contributed by atoms with Crippen molar-refractivity contribution in [3.05, 3.63) is 34.0 Å². The van der Waals surface area contributed by atoms with Crippen molar-refractivity contribution in [3.8, 4) is 0 Å². The van der Waals surface area contributed by atoms with Crippen molar-refractivity contribution >= 4 is 34.1 Å². The zero-order chi connectivity index (χ0) is 10.3. The van der Waals surface area contributed by atoms with Gasteiger partial charge in [0, 0.05) is 10.9 Å². The van der Waals surface area contributed by atoms with Crippen molar-refractivity contribution in [2.75, 3.05) is 0 Å². The molecule has 0 bridgehead atoms. The Hall–Kier alpha value is -0.930. The van der Waals surface area contributed by atoms with Crippen LogP contribution in [0.4, 0.5) is 4.39 Å². The minimum atomic E-state index is -0.330. The first kappa shape index (κ1) is 9.62. The topological polar surface area (TPSA) is 25.8 Å². The summed E-state index contributed by atoms with van der Waals surface area (Å²) in [5, 5.41) is 0.870. The van der Waals surface area contributed by atoms with Crippen LogP contribution < -0.4 is 0 Å². The third-order valence-electron chi connectivity index (χ3n) is 1.98. The first-order valence-corrected chi connectivity index (χ1v) is 4.63. The van der Waals surface area contributed by atoms with Gasteiger partial charge in [-0.15, -0.1) is 0 Å². The molecule has 1 heterocycles. The van der Waals surface area contributed by atoms with E-state index >= 15 is 0 Å². The zero-order valence-electron chi connectivity index (χ0n) is 7.18. The smallest absolute Gasteiger partial charge is 0.217 e. The van der Waals surface area contributed by atoms with Gasteiger partial charge in [0.25, 0.3) is 0 Å². The Morgan fingerprint density at radius 3 is 2.64 bits per heavy atom. The van der Waals surface area contributed by atoms with E-state index in [0.717, 1.165) is 0 Å². The predicted molar refractivity (Wildman–Crippen MR) is 54.3 cm³/mol. The molecule has 2 aromatic rings. The van der Waals surface area contributed by atoms with Crippen molar-refractivity contribution in [3.63, 3.8) is 0 Å². The Bertz CT molecular complexity index is 514. The summed E-state index contributed by atoms with van der Waals surface area (Å²) in [6.45, 7) is 1.62. The van der Waals surface area contributed by atoms with Crippen LogP contribution in [-0.4, -0.2) is 9.97 Å². The molecular weight excluding hydrogens is 226 g/mol. The van der Waals surface area contributed by atoms with E-state index in [-0.39, 0.29) is 16.3 Å². The van der Waals surface area contributed by atoms with Crippen LogP contribution in [0, 0.1) is 12.7 Å². The van der Waals surface area contributed by atoms with Crippen LogP contribution in [0.15, 0.2) is 12.1 Å². The summed E-state index contributed by atoms with van der Waals surface area (Å²) in [6, 6.07) is 2.87. The third kappa shape index (κ3) is 1.42. The van der Waals surface area contributed by atoms with Crippen LogP contribution in [0.25, 0.3) is 10.9 Å². The van der Waals surface area contributed by atoms with E-state index in [9.17, 15) is 4.39 Å². The number of nitrogens with zero attached hydrogens (tertiary/aromatic N) is 2. The molecule has 0 amide bonds. The number of fused-ring (bicyclic) bond motifs is 1. The lowest BCUT2D eigenvalue weighted by Gasteiger charge is -2.03. The average molecular weight is 231 g/mol. The van der Waals surface area contributed by atoms with Gasteiger partial charge in [0.1, 0.15) is 11.0 Å². The molecule has 1 aromatic carbocycles. The van der Waals surface area contributed by atoms with Crippen molar-refractivity contribution in [1.82, 2.24) is 9.97 Å². The summed E-state index contributed by atoms with van der Waals surface area (Å²) in [6.07, 6.45) is 0. The van der Waals surface area contributed by atoms with Gasteiger partial charge >= 0.3 is 0 Å². The lowest BCUT2D eigenvalue weighted by atomic mass is 10.1.